The van der Waals surface area contributed by atoms with Crippen LogP contribution in [0.15, 0.2) is 54.7 Å². The Balaban J connectivity index is 1.72. The summed E-state index contributed by atoms with van der Waals surface area (Å²) in [5.74, 6) is -0.998. The van der Waals surface area contributed by atoms with Crippen molar-refractivity contribution < 1.29 is 8.78 Å². The molecule has 2 N–H and O–H groups in total. The number of rotatable bonds is 5. The van der Waals surface area contributed by atoms with Gasteiger partial charge in [-0.3, -0.25) is 0 Å². The molecule has 0 atom stereocenters. The van der Waals surface area contributed by atoms with E-state index in [4.69, 9.17) is 0 Å². The Morgan fingerprint density at radius 1 is 0.913 bits per heavy atom. The number of hydrogen-bond acceptors (Lipinski definition) is 5. The molecular weight excluding hydrogens is 300 g/mol. The van der Waals surface area contributed by atoms with E-state index in [0.29, 0.717) is 12.4 Å². The van der Waals surface area contributed by atoms with Crippen LogP contribution >= 0.6 is 0 Å². The van der Waals surface area contributed by atoms with Crippen LogP contribution in [0, 0.1) is 11.6 Å². The second-order valence-corrected chi connectivity index (χ2v) is 4.73. The Hall–Kier alpha value is -3.09. The molecule has 2 aromatic carbocycles. The topological polar surface area (TPSA) is 62.7 Å². The summed E-state index contributed by atoms with van der Waals surface area (Å²) in [7, 11) is 0. The molecule has 0 amide bonds. The van der Waals surface area contributed by atoms with Crippen molar-refractivity contribution in [3.63, 3.8) is 0 Å². The Kier molecular flexibility index (Phi) is 4.37. The summed E-state index contributed by atoms with van der Waals surface area (Å²) in [6.45, 7) is 0.549. The Bertz CT molecular complexity index is 775. The van der Waals surface area contributed by atoms with Crippen LogP contribution in [0.2, 0.25) is 0 Å². The van der Waals surface area contributed by atoms with Crippen LogP contribution in [0.25, 0.3) is 0 Å². The van der Waals surface area contributed by atoms with Crippen molar-refractivity contribution in [2.75, 3.05) is 10.6 Å². The van der Waals surface area contributed by atoms with Crippen LogP contribution in [-0.4, -0.2) is 15.2 Å². The minimum atomic E-state index is -0.726. The molecule has 1 aromatic heterocycles. The maximum Gasteiger partial charge on any atom is 0.249 e. The quantitative estimate of drug-likeness (QED) is 0.755. The highest BCUT2D eigenvalue weighted by molar-refractivity contribution is 5.55. The van der Waals surface area contributed by atoms with Crippen molar-refractivity contribution in [3.8, 4) is 0 Å². The van der Waals surface area contributed by atoms with Gasteiger partial charge >= 0.3 is 0 Å². The first-order valence-electron chi connectivity index (χ1n) is 6.91. The standard InChI is InChI=1S/C16H13F2N5/c17-12-7-4-8-13(18)15(12)22-16-21-14(10-20-23-16)19-9-11-5-2-1-3-6-11/h1-8,10H,9H2,(H2,19,21,22,23). The molecule has 0 aliphatic rings. The summed E-state index contributed by atoms with van der Waals surface area (Å²) in [6.07, 6.45) is 1.44. The molecule has 0 spiro atoms. The lowest BCUT2D eigenvalue weighted by Crippen LogP contribution is -2.07. The third kappa shape index (κ3) is 3.76. The van der Waals surface area contributed by atoms with Gasteiger partial charge < -0.3 is 10.6 Å². The molecule has 0 aliphatic carbocycles. The van der Waals surface area contributed by atoms with Gasteiger partial charge in [-0.1, -0.05) is 36.4 Å². The zero-order valence-corrected chi connectivity index (χ0v) is 12.0. The van der Waals surface area contributed by atoms with E-state index >= 15 is 0 Å². The van der Waals surface area contributed by atoms with Gasteiger partial charge in [-0.2, -0.15) is 10.1 Å². The van der Waals surface area contributed by atoms with Gasteiger partial charge in [0.2, 0.25) is 5.95 Å². The number of anilines is 3. The Labute approximate surface area is 131 Å². The minimum absolute atomic E-state index is 0.00654. The van der Waals surface area contributed by atoms with Crippen LogP contribution in [0.4, 0.5) is 26.2 Å². The Morgan fingerprint density at radius 2 is 1.65 bits per heavy atom. The molecule has 7 heteroatoms. The predicted octanol–water partition coefficient (Wildman–Crippen LogP) is 3.51. The van der Waals surface area contributed by atoms with Gasteiger partial charge in [-0.15, -0.1) is 5.10 Å². The smallest absolute Gasteiger partial charge is 0.249 e. The second-order valence-electron chi connectivity index (χ2n) is 4.73. The number of nitrogens with zero attached hydrogens (tertiary/aromatic N) is 3. The van der Waals surface area contributed by atoms with Crippen molar-refractivity contribution in [3.05, 3.63) is 71.9 Å². The van der Waals surface area contributed by atoms with E-state index in [1.165, 1.54) is 12.3 Å². The predicted molar refractivity (Wildman–Crippen MR) is 83.2 cm³/mol. The highest BCUT2D eigenvalue weighted by atomic mass is 19.1. The molecule has 1 heterocycles. The first-order valence-corrected chi connectivity index (χ1v) is 6.91. The zero-order chi connectivity index (χ0) is 16.1. The summed E-state index contributed by atoms with van der Waals surface area (Å²) in [5, 5.41) is 13.1. The van der Waals surface area contributed by atoms with E-state index in [9.17, 15) is 8.78 Å². The number of aromatic nitrogens is 3. The summed E-state index contributed by atoms with van der Waals surface area (Å²) < 4.78 is 27.2. The van der Waals surface area contributed by atoms with E-state index in [1.54, 1.807) is 0 Å². The maximum atomic E-state index is 13.6. The van der Waals surface area contributed by atoms with Gasteiger partial charge in [0.25, 0.3) is 0 Å². The average Bonchev–Trinajstić information content (AvgIpc) is 2.58. The molecule has 0 saturated carbocycles. The minimum Gasteiger partial charge on any atom is -0.365 e. The monoisotopic (exact) mass is 313 g/mol. The van der Waals surface area contributed by atoms with Gasteiger partial charge in [0, 0.05) is 6.54 Å². The number of benzene rings is 2. The molecule has 0 saturated heterocycles. The number of halogens is 2. The first kappa shape index (κ1) is 14.8. The van der Waals surface area contributed by atoms with E-state index in [2.05, 4.69) is 25.8 Å². The highest BCUT2D eigenvalue weighted by Crippen LogP contribution is 2.21. The lowest BCUT2D eigenvalue weighted by Gasteiger charge is -2.09. The average molecular weight is 313 g/mol. The lowest BCUT2D eigenvalue weighted by molar-refractivity contribution is 0.590. The molecule has 3 aromatic rings. The van der Waals surface area contributed by atoms with Crippen molar-refractivity contribution in [1.29, 1.82) is 0 Å². The molecule has 3 rings (SSSR count). The van der Waals surface area contributed by atoms with Gasteiger partial charge in [-0.25, -0.2) is 8.78 Å². The maximum absolute atomic E-state index is 13.6. The van der Waals surface area contributed by atoms with Gasteiger partial charge in [0.1, 0.15) is 17.3 Å². The SMILES string of the molecule is Fc1cccc(F)c1Nc1nncc(NCc2ccccc2)n1. The number of hydrogen-bond donors (Lipinski definition) is 2. The lowest BCUT2D eigenvalue weighted by atomic mass is 10.2. The van der Waals surface area contributed by atoms with Crippen LogP contribution < -0.4 is 10.6 Å². The van der Waals surface area contributed by atoms with Crippen molar-refractivity contribution in [2.45, 2.75) is 6.54 Å². The Morgan fingerprint density at radius 3 is 2.39 bits per heavy atom. The molecule has 0 unspecified atom stereocenters. The van der Waals surface area contributed by atoms with Crippen LogP contribution in [0.5, 0.6) is 0 Å². The fourth-order valence-corrected chi connectivity index (χ4v) is 1.96. The van der Waals surface area contributed by atoms with E-state index < -0.39 is 11.6 Å². The largest absolute Gasteiger partial charge is 0.365 e. The molecule has 23 heavy (non-hydrogen) atoms. The molecule has 0 fully saturated rings. The van der Waals surface area contributed by atoms with Crippen molar-refractivity contribution in [2.24, 2.45) is 0 Å². The summed E-state index contributed by atoms with van der Waals surface area (Å²) in [6, 6.07) is 13.3. The van der Waals surface area contributed by atoms with Crippen LogP contribution in [0.1, 0.15) is 5.56 Å². The fraction of sp³-hybridized carbons (Fsp3) is 0.0625. The van der Waals surface area contributed by atoms with Gasteiger partial charge in [0.15, 0.2) is 5.82 Å². The molecular formula is C16H13F2N5. The summed E-state index contributed by atoms with van der Waals surface area (Å²) >= 11 is 0. The molecule has 0 bridgehead atoms. The second kappa shape index (κ2) is 6.78. The number of nitrogens with one attached hydrogen (secondary N) is 2. The number of para-hydroxylation sites is 1. The normalized spacial score (nSPS) is 10.3. The van der Waals surface area contributed by atoms with Crippen molar-refractivity contribution in [1.82, 2.24) is 15.2 Å². The van der Waals surface area contributed by atoms with E-state index in [0.717, 1.165) is 17.7 Å². The molecule has 0 radical (unpaired) electrons. The summed E-state index contributed by atoms with van der Waals surface area (Å²) in [4.78, 5) is 4.14. The molecule has 116 valence electrons. The van der Waals surface area contributed by atoms with Crippen LogP contribution in [-0.2, 0) is 6.54 Å². The third-order valence-corrected chi connectivity index (χ3v) is 3.07. The fourth-order valence-electron chi connectivity index (χ4n) is 1.96. The van der Waals surface area contributed by atoms with Crippen molar-refractivity contribution >= 4 is 17.5 Å². The third-order valence-electron chi connectivity index (χ3n) is 3.07. The molecule has 0 aliphatic heterocycles. The highest BCUT2D eigenvalue weighted by Gasteiger charge is 2.10. The zero-order valence-electron chi connectivity index (χ0n) is 12.0. The van der Waals surface area contributed by atoms with E-state index in [-0.39, 0.29) is 11.6 Å². The van der Waals surface area contributed by atoms with Crippen LogP contribution in [0.3, 0.4) is 0 Å². The summed E-state index contributed by atoms with van der Waals surface area (Å²) in [5.41, 5.74) is 0.760. The van der Waals surface area contributed by atoms with Gasteiger partial charge in [-0.05, 0) is 17.7 Å². The molecule has 5 nitrogen and oxygen atoms in total. The van der Waals surface area contributed by atoms with Gasteiger partial charge in [0.05, 0.1) is 6.20 Å². The van der Waals surface area contributed by atoms with E-state index in [1.807, 2.05) is 30.3 Å². The first-order chi connectivity index (χ1) is 11.2.